The average molecular weight is 544 g/mol. The Hall–Kier alpha value is -2.96. The van der Waals surface area contributed by atoms with E-state index < -0.39 is 6.23 Å². The minimum Gasteiger partial charge on any atom is -0.484 e. The number of ether oxygens (including phenoxy) is 2. The standard InChI is InChI=1S/C26H34ClN7O4/c1-16(2)34-20-6-5-18(9-17(20)10-21(24(34)36)37-12-22(35)28-3)30-23-19(27)11-29-25(31-23)33-7-8-38-26(15-33)13-32(4)14-26/h5-6,9-11,16,22,28,35H,7-8,12-15H2,1-4H3,(H,29,30,31). The highest BCUT2D eigenvalue weighted by atomic mass is 35.5. The van der Waals surface area contributed by atoms with Crippen LogP contribution in [0.3, 0.4) is 0 Å². The van der Waals surface area contributed by atoms with Crippen LogP contribution in [-0.2, 0) is 4.74 Å². The van der Waals surface area contributed by atoms with E-state index in [1.54, 1.807) is 23.9 Å². The predicted octanol–water partition coefficient (Wildman–Crippen LogP) is 2.21. The second-order valence-corrected chi connectivity index (χ2v) is 10.7. The van der Waals surface area contributed by atoms with Crippen molar-refractivity contribution >= 4 is 40.0 Å². The Bertz CT molecular complexity index is 1370. The fourth-order valence-electron chi connectivity index (χ4n) is 5.15. The largest absolute Gasteiger partial charge is 0.484 e. The van der Waals surface area contributed by atoms with Crippen molar-refractivity contribution in [3.05, 3.63) is 45.8 Å². The van der Waals surface area contributed by atoms with Crippen molar-refractivity contribution in [3.63, 3.8) is 0 Å². The maximum atomic E-state index is 13.1. The van der Waals surface area contributed by atoms with E-state index in [0.29, 0.717) is 29.9 Å². The van der Waals surface area contributed by atoms with E-state index in [2.05, 4.69) is 32.5 Å². The molecule has 3 N–H and O–H groups in total. The molecular weight excluding hydrogens is 510 g/mol. The summed E-state index contributed by atoms with van der Waals surface area (Å²) in [6.07, 6.45) is 0.726. The highest BCUT2D eigenvalue weighted by Gasteiger charge is 2.46. The molecule has 0 saturated carbocycles. The first-order valence-corrected chi connectivity index (χ1v) is 13.1. The number of nitrogens with zero attached hydrogens (tertiary/aromatic N) is 5. The third-order valence-electron chi connectivity index (χ3n) is 6.89. The Morgan fingerprint density at radius 3 is 2.76 bits per heavy atom. The molecule has 0 aliphatic carbocycles. The Kier molecular flexibility index (Phi) is 7.47. The summed E-state index contributed by atoms with van der Waals surface area (Å²) in [7, 11) is 3.70. The number of aromatic nitrogens is 3. The van der Waals surface area contributed by atoms with E-state index >= 15 is 0 Å². The number of hydrogen-bond donors (Lipinski definition) is 3. The van der Waals surface area contributed by atoms with Crippen molar-refractivity contribution in [2.24, 2.45) is 0 Å². The molecule has 1 unspecified atom stereocenters. The van der Waals surface area contributed by atoms with E-state index in [9.17, 15) is 9.90 Å². The van der Waals surface area contributed by atoms with Gasteiger partial charge in [0, 0.05) is 36.7 Å². The van der Waals surface area contributed by atoms with Gasteiger partial charge in [-0.15, -0.1) is 0 Å². The summed E-state index contributed by atoms with van der Waals surface area (Å²) < 4.78 is 13.4. The van der Waals surface area contributed by atoms with Crippen molar-refractivity contribution in [2.45, 2.75) is 31.7 Å². The zero-order valence-electron chi connectivity index (χ0n) is 22.1. The number of rotatable bonds is 8. The van der Waals surface area contributed by atoms with Crippen LogP contribution in [0, 0.1) is 0 Å². The van der Waals surface area contributed by atoms with E-state index in [0.717, 1.165) is 36.2 Å². The Labute approximate surface area is 226 Å². The summed E-state index contributed by atoms with van der Waals surface area (Å²) in [6, 6.07) is 7.30. The lowest BCUT2D eigenvalue weighted by Gasteiger charge is -2.52. The maximum Gasteiger partial charge on any atom is 0.293 e. The Morgan fingerprint density at radius 1 is 1.26 bits per heavy atom. The third kappa shape index (κ3) is 5.29. The van der Waals surface area contributed by atoms with Crippen molar-refractivity contribution in [1.29, 1.82) is 0 Å². The quantitative estimate of drug-likeness (QED) is 0.365. The van der Waals surface area contributed by atoms with Crippen LogP contribution in [0.2, 0.25) is 5.02 Å². The molecular formula is C26H34ClN7O4. The molecule has 2 aromatic heterocycles. The number of aliphatic hydroxyl groups excluding tert-OH is 1. The normalized spacial score (nSPS) is 18.1. The van der Waals surface area contributed by atoms with Crippen LogP contribution in [0.4, 0.5) is 17.5 Å². The molecule has 2 saturated heterocycles. The fraction of sp³-hybridized carbons (Fsp3) is 0.500. The molecule has 38 heavy (non-hydrogen) atoms. The first kappa shape index (κ1) is 26.6. The SMILES string of the molecule is CNC(O)COc1cc2cc(Nc3nc(N4CCOC5(CN(C)C5)C4)ncc3Cl)ccc2n(C(C)C)c1=O. The van der Waals surface area contributed by atoms with Gasteiger partial charge in [0.1, 0.15) is 23.5 Å². The molecule has 12 heteroatoms. The summed E-state index contributed by atoms with van der Waals surface area (Å²) in [5.41, 5.74) is 1.10. The lowest BCUT2D eigenvalue weighted by Crippen LogP contribution is -2.69. The number of pyridine rings is 1. The number of nitrogens with one attached hydrogen (secondary N) is 2. The molecule has 2 aliphatic rings. The van der Waals surface area contributed by atoms with Crippen LogP contribution in [0.25, 0.3) is 10.9 Å². The van der Waals surface area contributed by atoms with Crippen LogP contribution in [0.5, 0.6) is 5.75 Å². The number of anilines is 3. The number of aliphatic hydroxyl groups is 1. The monoisotopic (exact) mass is 543 g/mol. The molecule has 5 rings (SSSR count). The first-order chi connectivity index (χ1) is 18.2. The van der Waals surface area contributed by atoms with Crippen molar-refractivity contribution in [2.75, 3.05) is 63.7 Å². The van der Waals surface area contributed by atoms with Crippen LogP contribution in [0.15, 0.2) is 35.3 Å². The topological polar surface area (TPSA) is 117 Å². The van der Waals surface area contributed by atoms with Gasteiger partial charge in [0.2, 0.25) is 5.95 Å². The first-order valence-electron chi connectivity index (χ1n) is 12.7. The number of fused-ring (bicyclic) bond motifs is 1. The van der Waals surface area contributed by atoms with Gasteiger partial charge >= 0.3 is 0 Å². The van der Waals surface area contributed by atoms with Gasteiger partial charge in [-0.1, -0.05) is 11.6 Å². The highest BCUT2D eigenvalue weighted by molar-refractivity contribution is 6.32. The molecule has 0 amide bonds. The second-order valence-electron chi connectivity index (χ2n) is 10.3. The van der Waals surface area contributed by atoms with E-state index in [4.69, 9.17) is 26.1 Å². The third-order valence-corrected chi connectivity index (χ3v) is 7.17. The Balaban J connectivity index is 1.43. The van der Waals surface area contributed by atoms with E-state index in [1.165, 1.54) is 0 Å². The minimum absolute atomic E-state index is 0.0499. The summed E-state index contributed by atoms with van der Waals surface area (Å²) in [5, 5.41) is 17.0. The fourth-order valence-corrected chi connectivity index (χ4v) is 5.28. The average Bonchev–Trinajstić information content (AvgIpc) is 2.87. The van der Waals surface area contributed by atoms with Gasteiger partial charge in [-0.2, -0.15) is 4.98 Å². The van der Waals surface area contributed by atoms with Gasteiger partial charge in [0.25, 0.3) is 5.56 Å². The molecule has 2 fully saturated rings. The molecule has 204 valence electrons. The van der Waals surface area contributed by atoms with Gasteiger partial charge < -0.3 is 34.3 Å². The molecule has 1 aromatic carbocycles. The molecule has 3 aromatic rings. The number of benzene rings is 1. The summed E-state index contributed by atoms with van der Waals surface area (Å²) in [4.78, 5) is 26.7. The number of hydrogen-bond acceptors (Lipinski definition) is 10. The van der Waals surface area contributed by atoms with Crippen molar-refractivity contribution < 1.29 is 14.6 Å². The number of likely N-dealkylation sites (tertiary alicyclic amines) is 1. The predicted molar refractivity (Wildman–Crippen MR) is 148 cm³/mol. The van der Waals surface area contributed by atoms with Crippen LogP contribution in [-0.4, -0.2) is 89.9 Å². The van der Waals surface area contributed by atoms with Crippen LogP contribution in [0.1, 0.15) is 19.9 Å². The number of morpholine rings is 1. The van der Waals surface area contributed by atoms with Crippen LogP contribution >= 0.6 is 11.6 Å². The zero-order valence-corrected chi connectivity index (χ0v) is 22.8. The zero-order chi connectivity index (χ0) is 27.0. The summed E-state index contributed by atoms with van der Waals surface area (Å²) in [6.45, 7) is 7.68. The van der Waals surface area contributed by atoms with Crippen LogP contribution < -0.4 is 25.8 Å². The van der Waals surface area contributed by atoms with Gasteiger partial charge in [-0.25, -0.2) is 4.98 Å². The minimum atomic E-state index is -0.883. The molecule has 2 aliphatic heterocycles. The van der Waals surface area contributed by atoms with Gasteiger partial charge in [0.15, 0.2) is 11.6 Å². The molecule has 4 heterocycles. The van der Waals surface area contributed by atoms with Crippen molar-refractivity contribution in [3.8, 4) is 5.75 Å². The lowest BCUT2D eigenvalue weighted by atomic mass is 9.93. The van der Waals surface area contributed by atoms with Gasteiger partial charge in [0.05, 0.1) is 24.9 Å². The Morgan fingerprint density at radius 2 is 2.05 bits per heavy atom. The number of halogens is 1. The lowest BCUT2D eigenvalue weighted by molar-refractivity contribution is -0.141. The summed E-state index contributed by atoms with van der Waals surface area (Å²) >= 11 is 6.48. The highest BCUT2D eigenvalue weighted by Crippen LogP contribution is 2.32. The van der Waals surface area contributed by atoms with Gasteiger partial charge in [-0.05, 0) is 52.2 Å². The smallest absolute Gasteiger partial charge is 0.293 e. The van der Waals surface area contributed by atoms with E-state index in [-0.39, 0.29) is 29.6 Å². The molecule has 1 spiro atoms. The number of likely N-dealkylation sites (N-methyl/N-ethyl adjacent to an activating group) is 2. The van der Waals surface area contributed by atoms with Crippen molar-refractivity contribution in [1.82, 2.24) is 24.8 Å². The van der Waals surface area contributed by atoms with E-state index in [1.807, 2.05) is 32.0 Å². The molecule has 0 bridgehead atoms. The maximum absolute atomic E-state index is 13.1. The molecule has 11 nitrogen and oxygen atoms in total. The summed E-state index contributed by atoms with van der Waals surface area (Å²) in [5.74, 6) is 1.26. The second kappa shape index (κ2) is 10.7. The molecule has 1 atom stereocenters. The van der Waals surface area contributed by atoms with Gasteiger partial charge in [-0.3, -0.25) is 10.1 Å². The molecule has 0 radical (unpaired) electrons.